The largest absolute Gasteiger partial charge is 0.480 e. The third kappa shape index (κ3) is 13.1. The van der Waals surface area contributed by atoms with Crippen LogP contribution in [0.4, 0.5) is 0 Å². The Bertz CT molecular complexity index is 189. The molecule has 0 saturated carbocycles. The Morgan fingerprint density at radius 2 is 1.81 bits per heavy atom. The number of hydrogen-bond acceptors (Lipinski definition) is 3. The average molecular weight is 230 g/mol. The van der Waals surface area contributed by atoms with Gasteiger partial charge in [-0.25, -0.2) is 4.79 Å². The molecular formula is C12H22O4. The maximum absolute atomic E-state index is 10.1. The van der Waals surface area contributed by atoms with Crippen molar-refractivity contribution >= 4 is 5.97 Å². The molecule has 0 spiro atoms. The van der Waals surface area contributed by atoms with Crippen LogP contribution in [0.2, 0.25) is 0 Å². The third-order valence-electron chi connectivity index (χ3n) is 1.88. The van der Waals surface area contributed by atoms with Crippen molar-refractivity contribution in [2.75, 3.05) is 26.4 Å². The smallest absolute Gasteiger partial charge is 0.329 e. The summed E-state index contributed by atoms with van der Waals surface area (Å²) in [6.45, 7) is 3.42. The van der Waals surface area contributed by atoms with Crippen LogP contribution in [-0.4, -0.2) is 37.5 Å². The first-order valence-electron chi connectivity index (χ1n) is 5.79. The number of rotatable bonds is 11. The molecule has 0 atom stereocenters. The fourth-order valence-electron chi connectivity index (χ4n) is 1.09. The predicted molar refractivity (Wildman–Crippen MR) is 62.6 cm³/mol. The van der Waals surface area contributed by atoms with E-state index in [-0.39, 0.29) is 6.61 Å². The van der Waals surface area contributed by atoms with Crippen molar-refractivity contribution in [2.45, 2.75) is 32.6 Å². The van der Waals surface area contributed by atoms with Crippen LogP contribution in [0.5, 0.6) is 0 Å². The van der Waals surface area contributed by atoms with E-state index in [1.54, 1.807) is 0 Å². The Balaban J connectivity index is 3.01. The van der Waals surface area contributed by atoms with E-state index in [4.69, 9.17) is 14.6 Å². The zero-order valence-corrected chi connectivity index (χ0v) is 9.98. The van der Waals surface area contributed by atoms with E-state index in [9.17, 15) is 4.79 Å². The molecule has 0 aliphatic carbocycles. The van der Waals surface area contributed by atoms with Crippen LogP contribution in [0.3, 0.4) is 0 Å². The van der Waals surface area contributed by atoms with Crippen molar-refractivity contribution in [3.63, 3.8) is 0 Å². The van der Waals surface area contributed by atoms with Gasteiger partial charge in [0.05, 0.1) is 13.2 Å². The van der Waals surface area contributed by atoms with Crippen molar-refractivity contribution < 1.29 is 19.4 Å². The van der Waals surface area contributed by atoms with Gasteiger partial charge in [0, 0.05) is 6.61 Å². The number of aliphatic carboxylic acids is 1. The van der Waals surface area contributed by atoms with Crippen LogP contribution < -0.4 is 0 Å². The number of carboxylic acids is 1. The van der Waals surface area contributed by atoms with Crippen molar-refractivity contribution in [1.29, 1.82) is 0 Å². The fraction of sp³-hybridized carbons (Fsp3) is 0.750. The van der Waals surface area contributed by atoms with Crippen LogP contribution >= 0.6 is 0 Å². The summed E-state index contributed by atoms with van der Waals surface area (Å²) in [6.07, 6.45) is 8.73. The average Bonchev–Trinajstić information content (AvgIpc) is 2.25. The van der Waals surface area contributed by atoms with E-state index < -0.39 is 5.97 Å². The molecule has 0 fully saturated rings. The highest BCUT2D eigenvalue weighted by atomic mass is 16.5. The lowest BCUT2D eigenvalue weighted by atomic mass is 10.2. The molecule has 0 bridgehead atoms. The van der Waals surface area contributed by atoms with E-state index in [0.29, 0.717) is 19.8 Å². The van der Waals surface area contributed by atoms with Crippen LogP contribution in [0, 0.1) is 0 Å². The number of carboxylic acid groups (broad SMARTS) is 1. The molecule has 4 heteroatoms. The zero-order chi connectivity index (χ0) is 12.1. The minimum atomic E-state index is -0.943. The molecule has 4 nitrogen and oxygen atoms in total. The summed E-state index contributed by atoms with van der Waals surface area (Å²) in [5.41, 5.74) is 0. The quantitative estimate of drug-likeness (QED) is 0.437. The van der Waals surface area contributed by atoms with Gasteiger partial charge in [-0.15, -0.1) is 0 Å². The molecule has 0 aromatic heterocycles. The summed E-state index contributed by atoms with van der Waals surface area (Å²) in [5, 5.41) is 8.28. The Morgan fingerprint density at radius 3 is 2.50 bits per heavy atom. The van der Waals surface area contributed by atoms with Gasteiger partial charge in [0.25, 0.3) is 0 Å². The van der Waals surface area contributed by atoms with E-state index >= 15 is 0 Å². The molecule has 0 unspecified atom stereocenters. The molecule has 0 aromatic rings. The molecule has 0 amide bonds. The maximum atomic E-state index is 10.1. The number of carbonyl (C=O) groups is 1. The lowest BCUT2D eigenvalue weighted by Gasteiger charge is -2.02. The summed E-state index contributed by atoms with van der Waals surface area (Å²) in [4.78, 5) is 10.1. The summed E-state index contributed by atoms with van der Waals surface area (Å²) < 4.78 is 10.1. The molecule has 0 saturated heterocycles. The predicted octanol–water partition coefficient (Wildman–Crippen LogP) is 2.24. The lowest BCUT2D eigenvalue weighted by Crippen LogP contribution is -2.11. The maximum Gasteiger partial charge on any atom is 0.329 e. The summed E-state index contributed by atoms with van der Waals surface area (Å²) in [5.74, 6) is -0.943. The first-order chi connectivity index (χ1) is 7.77. The fourth-order valence-corrected chi connectivity index (χ4v) is 1.09. The van der Waals surface area contributed by atoms with Crippen molar-refractivity contribution in [1.82, 2.24) is 0 Å². The molecule has 0 aliphatic rings. The number of hydrogen-bond donors (Lipinski definition) is 1. The standard InChI is InChI=1S/C12H22O4/c1-2-3-4-5-6-7-8-15-9-10-16-11-12(13)14/h4-5H,2-3,6-11H2,1H3,(H,13,14)/b5-4+. The highest BCUT2D eigenvalue weighted by molar-refractivity contribution is 5.67. The molecule has 0 rings (SSSR count). The van der Waals surface area contributed by atoms with Crippen LogP contribution in [0.1, 0.15) is 32.6 Å². The number of ether oxygens (including phenoxy) is 2. The van der Waals surface area contributed by atoms with Crippen LogP contribution in [-0.2, 0) is 14.3 Å². The van der Waals surface area contributed by atoms with Gasteiger partial charge in [-0.3, -0.25) is 0 Å². The van der Waals surface area contributed by atoms with Crippen LogP contribution in [0.25, 0.3) is 0 Å². The van der Waals surface area contributed by atoms with Gasteiger partial charge in [0.2, 0.25) is 0 Å². The second kappa shape index (κ2) is 12.2. The van der Waals surface area contributed by atoms with Crippen molar-refractivity contribution in [3.8, 4) is 0 Å². The highest BCUT2D eigenvalue weighted by Crippen LogP contribution is 1.95. The van der Waals surface area contributed by atoms with Gasteiger partial charge in [0.1, 0.15) is 6.61 Å². The molecule has 0 aliphatic heterocycles. The lowest BCUT2D eigenvalue weighted by molar-refractivity contribution is -0.142. The Morgan fingerprint density at radius 1 is 1.12 bits per heavy atom. The minimum Gasteiger partial charge on any atom is -0.480 e. The van der Waals surface area contributed by atoms with E-state index in [0.717, 1.165) is 19.3 Å². The van der Waals surface area contributed by atoms with Crippen LogP contribution in [0.15, 0.2) is 12.2 Å². The van der Waals surface area contributed by atoms with Gasteiger partial charge >= 0.3 is 5.97 Å². The van der Waals surface area contributed by atoms with Crippen molar-refractivity contribution in [2.24, 2.45) is 0 Å². The van der Waals surface area contributed by atoms with Gasteiger partial charge in [0.15, 0.2) is 0 Å². The third-order valence-corrected chi connectivity index (χ3v) is 1.88. The molecule has 0 radical (unpaired) electrons. The number of allylic oxidation sites excluding steroid dienone is 2. The summed E-state index contributed by atoms with van der Waals surface area (Å²) >= 11 is 0. The van der Waals surface area contributed by atoms with Gasteiger partial charge in [-0.2, -0.15) is 0 Å². The van der Waals surface area contributed by atoms with E-state index in [1.807, 2.05) is 0 Å². The molecule has 0 heterocycles. The molecule has 16 heavy (non-hydrogen) atoms. The topological polar surface area (TPSA) is 55.8 Å². The Labute approximate surface area is 97.2 Å². The van der Waals surface area contributed by atoms with Gasteiger partial charge < -0.3 is 14.6 Å². The summed E-state index contributed by atoms with van der Waals surface area (Å²) in [6, 6.07) is 0. The number of unbranched alkanes of at least 4 members (excludes halogenated alkanes) is 2. The van der Waals surface area contributed by atoms with Gasteiger partial charge in [-0.05, 0) is 19.3 Å². The summed E-state index contributed by atoms with van der Waals surface area (Å²) in [7, 11) is 0. The first kappa shape index (κ1) is 15.1. The van der Waals surface area contributed by atoms with E-state index in [1.165, 1.54) is 6.42 Å². The molecular weight excluding hydrogens is 208 g/mol. The normalized spacial score (nSPS) is 11.1. The monoisotopic (exact) mass is 230 g/mol. The van der Waals surface area contributed by atoms with Gasteiger partial charge in [-0.1, -0.05) is 25.5 Å². The molecule has 1 N–H and O–H groups in total. The van der Waals surface area contributed by atoms with Crippen molar-refractivity contribution in [3.05, 3.63) is 12.2 Å². The second-order valence-corrected chi connectivity index (χ2v) is 3.46. The molecule has 94 valence electrons. The highest BCUT2D eigenvalue weighted by Gasteiger charge is 1.95. The molecule has 0 aromatic carbocycles. The van der Waals surface area contributed by atoms with E-state index in [2.05, 4.69) is 19.1 Å². The Hall–Kier alpha value is -0.870. The first-order valence-corrected chi connectivity index (χ1v) is 5.79. The second-order valence-electron chi connectivity index (χ2n) is 3.46. The Kier molecular flexibility index (Phi) is 11.5. The zero-order valence-electron chi connectivity index (χ0n) is 9.98. The minimum absolute atomic E-state index is 0.247. The SMILES string of the molecule is CCC/C=C/CCCOCCOCC(=O)O.